The minimum atomic E-state index is -1.05. The van der Waals surface area contributed by atoms with Gasteiger partial charge >= 0.3 is 5.97 Å². The molecule has 11 heteroatoms. The summed E-state index contributed by atoms with van der Waals surface area (Å²) in [4.78, 5) is 20.4. The second-order valence-electron chi connectivity index (χ2n) is 9.92. The lowest BCUT2D eigenvalue weighted by Crippen LogP contribution is -2.31. The summed E-state index contributed by atoms with van der Waals surface area (Å²) in [7, 11) is 0. The van der Waals surface area contributed by atoms with Crippen molar-refractivity contribution in [2.75, 3.05) is 6.61 Å². The maximum atomic E-state index is 15.4. The van der Waals surface area contributed by atoms with Crippen molar-refractivity contribution in [1.29, 1.82) is 0 Å². The summed E-state index contributed by atoms with van der Waals surface area (Å²) in [5.74, 6) is -2.43. The van der Waals surface area contributed by atoms with Crippen LogP contribution in [0.1, 0.15) is 33.7 Å². The normalized spacial score (nSPS) is 14.6. The molecule has 3 aromatic carbocycles. The number of pyridine rings is 1. The van der Waals surface area contributed by atoms with Gasteiger partial charge in [-0.1, -0.05) is 23.7 Å². The number of fused-ring (bicyclic) bond motifs is 1. The predicted molar refractivity (Wildman–Crippen MR) is 149 cm³/mol. The lowest BCUT2D eigenvalue weighted by Gasteiger charge is -2.27. The number of benzene rings is 3. The van der Waals surface area contributed by atoms with Crippen molar-refractivity contribution in [1.82, 2.24) is 14.5 Å². The quantitative estimate of drug-likeness (QED) is 0.202. The molecule has 1 atom stereocenters. The van der Waals surface area contributed by atoms with E-state index in [1.165, 1.54) is 36.4 Å². The van der Waals surface area contributed by atoms with Crippen LogP contribution in [-0.2, 0) is 24.3 Å². The Bertz CT molecular complexity index is 1820. The highest BCUT2D eigenvalue weighted by atomic mass is 35.5. The van der Waals surface area contributed by atoms with Crippen LogP contribution in [0.25, 0.3) is 22.3 Å². The number of rotatable bonds is 9. The van der Waals surface area contributed by atoms with Crippen molar-refractivity contribution in [3.63, 3.8) is 0 Å². The van der Waals surface area contributed by atoms with E-state index in [1.807, 2.05) is 4.57 Å². The maximum absolute atomic E-state index is 15.4. The van der Waals surface area contributed by atoms with Crippen LogP contribution in [-0.4, -0.2) is 38.3 Å². The summed E-state index contributed by atoms with van der Waals surface area (Å²) in [6, 6.07) is 15.6. The molecule has 214 valence electrons. The highest BCUT2D eigenvalue weighted by Gasteiger charge is 2.23. The summed E-state index contributed by atoms with van der Waals surface area (Å²) in [6.45, 7) is 0.967. The monoisotopic (exact) mass is 593 g/mol. The summed E-state index contributed by atoms with van der Waals surface area (Å²) < 4.78 is 57.3. The van der Waals surface area contributed by atoms with Crippen molar-refractivity contribution in [3.05, 3.63) is 112 Å². The highest BCUT2D eigenvalue weighted by molar-refractivity contribution is 6.30. The third kappa shape index (κ3) is 5.68. The van der Waals surface area contributed by atoms with E-state index in [1.54, 1.807) is 18.2 Å². The first kappa shape index (κ1) is 27.7. The molecule has 5 aromatic rings. The first-order valence-corrected chi connectivity index (χ1v) is 13.5. The molecular formula is C31H23ClF3N3O4. The minimum absolute atomic E-state index is 0.00288. The molecule has 0 amide bonds. The third-order valence-electron chi connectivity index (χ3n) is 7.12. The first-order chi connectivity index (χ1) is 20.2. The van der Waals surface area contributed by atoms with E-state index in [2.05, 4.69) is 9.97 Å². The van der Waals surface area contributed by atoms with Gasteiger partial charge in [0, 0.05) is 35.2 Å². The Hall–Kier alpha value is -4.41. The Morgan fingerprint density at radius 1 is 1.00 bits per heavy atom. The van der Waals surface area contributed by atoms with Gasteiger partial charge in [0.15, 0.2) is 0 Å². The first-order valence-electron chi connectivity index (χ1n) is 13.1. The summed E-state index contributed by atoms with van der Waals surface area (Å²) in [5.41, 5.74) is 1.90. The van der Waals surface area contributed by atoms with Crippen molar-refractivity contribution in [2.24, 2.45) is 0 Å². The highest BCUT2D eigenvalue weighted by Crippen LogP contribution is 2.29. The van der Waals surface area contributed by atoms with Crippen LogP contribution < -0.4 is 4.74 Å². The number of carbonyl (C=O) groups is 1. The Balaban J connectivity index is 1.26. The SMILES string of the molecule is O=C(O)c1ccc2nc(Cc3ccc(-c4nc(OCc5ccc(Cl)cc5F)ccc4F)c(F)c3)n(CC3CCO3)c2c1. The predicted octanol–water partition coefficient (Wildman–Crippen LogP) is 6.83. The molecular weight excluding hydrogens is 571 g/mol. The summed E-state index contributed by atoms with van der Waals surface area (Å²) in [5, 5.41) is 9.70. The van der Waals surface area contributed by atoms with Crippen LogP contribution in [0.5, 0.6) is 5.88 Å². The third-order valence-corrected chi connectivity index (χ3v) is 7.35. The van der Waals surface area contributed by atoms with Gasteiger partial charge in [0.05, 0.1) is 29.2 Å². The number of imidazole rings is 1. The molecule has 6 rings (SSSR count). The van der Waals surface area contributed by atoms with Gasteiger partial charge in [-0.2, -0.15) is 0 Å². The topological polar surface area (TPSA) is 86.5 Å². The van der Waals surface area contributed by atoms with Gasteiger partial charge in [0.1, 0.15) is 35.6 Å². The van der Waals surface area contributed by atoms with Gasteiger partial charge in [-0.15, -0.1) is 0 Å². The molecule has 1 aliphatic rings. The van der Waals surface area contributed by atoms with Gasteiger partial charge in [-0.05, 0) is 60.5 Å². The number of aromatic nitrogens is 3. The van der Waals surface area contributed by atoms with Crippen LogP contribution in [0, 0.1) is 17.5 Å². The maximum Gasteiger partial charge on any atom is 0.335 e. The summed E-state index contributed by atoms with van der Waals surface area (Å²) in [6.07, 6.45) is 1.09. The van der Waals surface area contributed by atoms with Crippen LogP contribution in [0.2, 0.25) is 5.02 Å². The molecule has 0 aliphatic carbocycles. The molecule has 0 bridgehead atoms. The number of carboxylic acid groups (broad SMARTS) is 1. The standard InChI is InChI=1S/C31H23ClF3N3O4/c32-20-4-2-19(24(34)14-20)16-42-29-8-6-23(33)30(37-29)22-5-1-17(11-25(22)35)12-28-36-26-7-3-18(31(39)40)13-27(26)38(28)15-21-9-10-41-21/h1-8,11,13-14,21H,9-10,12,15-16H2,(H,39,40). The molecule has 0 radical (unpaired) electrons. The van der Waals surface area contributed by atoms with E-state index in [0.29, 0.717) is 35.6 Å². The smallest absolute Gasteiger partial charge is 0.335 e. The molecule has 1 fully saturated rings. The molecule has 0 spiro atoms. The number of halogens is 4. The van der Waals surface area contributed by atoms with Crippen molar-refractivity contribution in [2.45, 2.75) is 32.1 Å². The van der Waals surface area contributed by atoms with Gasteiger partial charge in [-0.3, -0.25) is 0 Å². The van der Waals surface area contributed by atoms with E-state index in [0.717, 1.165) is 18.6 Å². The fraction of sp³-hybridized carbons (Fsp3) is 0.194. The van der Waals surface area contributed by atoms with E-state index in [4.69, 9.17) is 21.1 Å². The van der Waals surface area contributed by atoms with Gasteiger partial charge in [0.2, 0.25) is 5.88 Å². The Morgan fingerprint density at radius 2 is 1.83 bits per heavy atom. The summed E-state index contributed by atoms with van der Waals surface area (Å²) >= 11 is 5.78. The second kappa shape index (κ2) is 11.5. The molecule has 1 N–H and O–H groups in total. The number of aromatic carboxylic acids is 1. The molecule has 3 heterocycles. The van der Waals surface area contributed by atoms with E-state index < -0.39 is 23.4 Å². The second-order valence-corrected chi connectivity index (χ2v) is 10.4. The molecule has 7 nitrogen and oxygen atoms in total. The van der Waals surface area contributed by atoms with E-state index in [9.17, 15) is 18.7 Å². The minimum Gasteiger partial charge on any atom is -0.478 e. The number of nitrogens with zero attached hydrogens (tertiary/aromatic N) is 3. The molecule has 42 heavy (non-hydrogen) atoms. The molecule has 0 saturated carbocycles. The Morgan fingerprint density at radius 3 is 2.55 bits per heavy atom. The Kier molecular flexibility index (Phi) is 7.57. The van der Waals surface area contributed by atoms with Crippen LogP contribution in [0.3, 0.4) is 0 Å². The number of ether oxygens (including phenoxy) is 2. The van der Waals surface area contributed by atoms with Gasteiger partial charge in [0.25, 0.3) is 0 Å². The average Bonchev–Trinajstić information content (AvgIpc) is 3.27. The average molecular weight is 594 g/mol. The molecule has 2 aromatic heterocycles. The van der Waals surface area contributed by atoms with E-state index >= 15 is 4.39 Å². The lowest BCUT2D eigenvalue weighted by atomic mass is 10.0. The van der Waals surface area contributed by atoms with Gasteiger partial charge in [-0.25, -0.2) is 27.9 Å². The molecule has 1 saturated heterocycles. The van der Waals surface area contributed by atoms with E-state index in [-0.39, 0.29) is 52.4 Å². The lowest BCUT2D eigenvalue weighted by molar-refractivity contribution is -0.0589. The molecule has 1 aliphatic heterocycles. The van der Waals surface area contributed by atoms with Crippen molar-refractivity contribution >= 4 is 28.6 Å². The molecule has 1 unspecified atom stereocenters. The van der Waals surface area contributed by atoms with Crippen LogP contribution >= 0.6 is 11.6 Å². The fourth-order valence-electron chi connectivity index (χ4n) is 4.80. The zero-order valence-corrected chi connectivity index (χ0v) is 22.7. The van der Waals surface area contributed by atoms with Crippen LogP contribution in [0.4, 0.5) is 13.2 Å². The zero-order valence-electron chi connectivity index (χ0n) is 22.0. The number of hydrogen-bond acceptors (Lipinski definition) is 5. The largest absolute Gasteiger partial charge is 0.478 e. The van der Waals surface area contributed by atoms with Crippen LogP contribution in [0.15, 0.2) is 66.7 Å². The zero-order chi connectivity index (χ0) is 29.4. The number of hydrogen-bond donors (Lipinski definition) is 1. The van der Waals surface area contributed by atoms with Gasteiger partial charge < -0.3 is 19.1 Å². The van der Waals surface area contributed by atoms with Crippen molar-refractivity contribution in [3.8, 4) is 17.1 Å². The fourth-order valence-corrected chi connectivity index (χ4v) is 4.96. The number of carboxylic acids is 1. The van der Waals surface area contributed by atoms with Crippen molar-refractivity contribution < 1.29 is 32.5 Å². The Labute approximate surface area is 243 Å².